The van der Waals surface area contributed by atoms with Gasteiger partial charge < -0.3 is 10.4 Å². The minimum Gasteiger partial charge on any atom is -0.388 e. The minimum atomic E-state index is -1.48. The molecule has 2 fully saturated rings. The Kier molecular flexibility index (Phi) is 7.04. The van der Waals surface area contributed by atoms with Crippen molar-refractivity contribution in [2.75, 3.05) is 0 Å². The van der Waals surface area contributed by atoms with E-state index in [0.29, 0.717) is 24.3 Å². The van der Waals surface area contributed by atoms with Gasteiger partial charge in [-0.1, -0.05) is 62.9 Å². The first-order valence-corrected chi connectivity index (χ1v) is 12.4. The van der Waals surface area contributed by atoms with Crippen LogP contribution in [0.3, 0.4) is 0 Å². The Morgan fingerprint density at radius 3 is 2.59 bits per heavy atom. The van der Waals surface area contributed by atoms with Crippen LogP contribution in [-0.4, -0.2) is 34.7 Å². The molecule has 0 aromatic heterocycles. The quantitative estimate of drug-likeness (QED) is 0.516. The summed E-state index contributed by atoms with van der Waals surface area (Å²) in [5.74, 6) is -1.89. The predicted octanol–water partition coefficient (Wildman–Crippen LogP) is 3.97. The van der Waals surface area contributed by atoms with Crippen LogP contribution in [0.5, 0.6) is 0 Å². The lowest BCUT2D eigenvalue weighted by atomic mass is 9.52. The SMILES string of the molecule is C=C1[C@@H](C)C2[C@H](Cc3ccccc3)NC(=O)[C@]23C(=O)/C=C/C(=O)CCCC(C)C/C=C/C3[C@@H]1O. The smallest absolute Gasteiger partial charge is 0.235 e. The molecule has 180 valence electrons. The molecule has 1 spiro atoms. The number of rotatable bonds is 2. The molecule has 1 aromatic carbocycles. The van der Waals surface area contributed by atoms with Crippen molar-refractivity contribution < 1.29 is 19.5 Å². The van der Waals surface area contributed by atoms with Crippen LogP contribution in [0.1, 0.15) is 45.1 Å². The Morgan fingerprint density at radius 1 is 1.12 bits per heavy atom. The minimum absolute atomic E-state index is 0.106. The zero-order valence-corrected chi connectivity index (χ0v) is 20.1. The maximum atomic E-state index is 13.9. The normalized spacial score (nSPS) is 38.6. The van der Waals surface area contributed by atoms with Gasteiger partial charge >= 0.3 is 0 Å². The van der Waals surface area contributed by atoms with Gasteiger partial charge in [-0.2, -0.15) is 0 Å². The first-order valence-electron chi connectivity index (χ1n) is 12.4. The Balaban J connectivity index is 1.84. The molecule has 0 radical (unpaired) electrons. The lowest BCUT2D eigenvalue weighted by Gasteiger charge is -2.48. The molecule has 1 amide bonds. The number of aliphatic hydroxyl groups excluding tert-OH is 1. The van der Waals surface area contributed by atoms with E-state index >= 15 is 0 Å². The van der Waals surface area contributed by atoms with E-state index in [0.717, 1.165) is 24.8 Å². The summed E-state index contributed by atoms with van der Waals surface area (Å²) in [4.78, 5) is 40.1. The Morgan fingerprint density at radius 2 is 1.85 bits per heavy atom. The highest BCUT2D eigenvalue weighted by Gasteiger charge is 2.68. The highest BCUT2D eigenvalue weighted by Crippen LogP contribution is 2.56. The van der Waals surface area contributed by atoms with Crippen molar-refractivity contribution in [2.45, 2.75) is 58.1 Å². The molecule has 1 saturated carbocycles. The summed E-state index contributed by atoms with van der Waals surface area (Å²) in [6, 6.07) is 9.60. The first kappa shape index (κ1) is 24.3. The molecular weight excluding hydrogens is 426 g/mol. The zero-order chi connectivity index (χ0) is 24.5. The van der Waals surface area contributed by atoms with E-state index in [4.69, 9.17) is 0 Å². The number of aliphatic hydroxyl groups is 1. The molecule has 5 heteroatoms. The third kappa shape index (κ3) is 4.22. The molecule has 1 aromatic rings. The number of carbonyl (C=O) groups excluding carboxylic acids is 3. The van der Waals surface area contributed by atoms with Gasteiger partial charge in [-0.15, -0.1) is 0 Å². The third-order valence-electron chi connectivity index (χ3n) is 8.15. The maximum Gasteiger partial charge on any atom is 0.235 e. The standard InChI is InChI=1S/C29H35NO4/c1-18-9-7-13-22(31)15-16-25(32)29-23(14-8-10-18)27(33)20(3)19(2)26(29)24(30-28(29)34)17-21-11-5-4-6-12-21/h4-6,8,11-12,14-16,18-19,23-24,26-27,33H,3,7,9-10,13,17H2,1-2H3,(H,30,34)/b14-8+,16-15+/t18?,19-,23?,24+,26?,27-,29-/m1/s1. The van der Waals surface area contributed by atoms with Crippen molar-refractivity contribution in [3.8, 4) is 0 Å². The van der Waals surface area contributed by atoms with Crippen LogP contribution in [0.2, 0.25) is 0 Å². The molecule has 2 N–H and O–H groups in total. The van der Waals surface area contributed by atoms with E-state index in [9.17, 15) is 19.5 Å². The van der Waals surface area contributed by atoms with Gasteiger partial charge in [0.05, 0.1) is 6.10 Å². The van der Waals surface area contributed by atoms with Crippen LogP contribution in [0, 0.1) is 29.1 Å². The first-order chi connectivity index (χ1) is 16.3. The van der Waals surface area contributed by atoms with Gasteiger partial charge in [-0.05, 0) is 60.8 Å². The van der Waals surface area contributed by atoms with Gasteiger partial charge in [-0.3, -0.25) is 14.4 Å². The van der Waals surface area contributed by atoms with E-state index in [-0.39, 0.29) is 29.6 Å². The summed E-state index contributed by atoms with van der Waals surface area (Å²) < 4.78 is 0. The summed E-state index contributed by atoms with van der Waals surface area (Å²) in [5, 5.41) is 14.4. The largest absolute Gasteiger partial charge is 0.388 e. The summed E-state index contributed by atoms with van der Waals surface area (Å²) in [6.45, 7) is 8.26. The lowest BCUT2D eigenvalue weighted by molar-refractivity contribution is -0.148. The monoisotopic (exact) mass is 461 g/mol. The molecule has 4 rings (SSSR count). The van der Waals surface area contributed by atoms with Gasteiger partial charge in [0.15, 0.2) is 11.6 Å². The van der Waals surface area contributed by atoms with Crippen LogP contribution in [0.4, 0.5) is 0 Å². The number of hydrogen-bond donors (Lipinski definition) is 2. The summed E-state index contributed by atoms with van der Waals surface area (Å²) in [5.41, 5.74) is 0.233. The van der Waals surface area contributed by atoms with Crippen molar-refractivity contribution in [3.05, 3.63) is 72.4 Å². The van der Waals surface area contributed by atoms with E-state index in [1.807, 2.05) is 49.4 Å². The average molecular weight is 462 g/mol. The third-order valence-corrected chi connectivity index (χ3v) is 8.15. The second kappa shape index (κ2) is 9.83. The van der Waals surface area contributed by atoms with Crippen LogP contribution >= 0.6 is 0 Å². The molecule has 1 aliphatic heterocycles. The molecule has 5 nitrogen and oxygen atoms in total. The average Bonchev–Trinajstić information content (AvgIpc) is 3.11. The van der Waals surface area contributed by atoms with E-state index in [1.165, 1.54) is 12.2 Å². The van der Waals surface area contributed by atoms with Gasteiger partial charge in [0.25, 0.3) is 0 Å². The summed E-state index contributed by atoms with van der Waals surface area (Å²) >= 11 is 0. The number of amides is 1. The zero-order valence-electron chi connectivity index (χ0n) is 20.1. The predicted molar refractivity (Wildman–Crippen MR) is 132 cm³/mol. The summed E-state index contributed by atoms with van der Waals surface area (Å²) in [6.07, 6.45) is 8.85. The number of ketones is 2. The molecule has 34 heavy (non-hydrogen) atoms. The molecule has 1 saturated heterocycles. The lowest BCUT2D eigenvalue weighted by Crippen LogP contribution is -2.58. The Labute approximate surface area is 202 Å². The Bertz CT molecular complexity index is 1030. The second-order valence-corrected chi connectivity index (χ2v) is 10.3. The van der Waals surface area contributed by atoms with E-state index in [2.05, 4.69) is 18.8 Å². The number of allylic oxidation sites excluding steroid dienone is 3. The fourth-order valence-corrected chi connectivity index (χ4v) is 6.28. The highest BCUT2D eigenvalue weighted by molar-refractivity contribution is 6.15. The molecule has 3 unspecified atom stereocenters. The van der Waals surface area contributed by atoms with Crippen molar-refractivity contribution in [1.82, 2.24) is 5.32 Å². The van der Waals surface area contributed by atoms with Crippen LogP contribution in [0.15, 0.2) is 66.8 Å². The number of benzene rings is 1. The number of hydrogen-bond acceptors (Lipinski definition) is 4. The summed E-state index contributed by atoms with van der Waals surface area (Å²) in [7, 11) is 0. The highest BCUT2D eigenvalue weighted by atomic mass is 16.3. The molecule has 2 aliphatic carbocycles. The molecule has 0 bridgehead atoms. The maximum absolute atomic E-state index is 13.9. The fourth-order valence-electron chi connectivity index (χ4n) is 6.28. The Hall–Kier alpha value is -2.79. The van der Waals surface area contributed by atoms with Gasteiger partial charge in [0, 0.05) is 24.3 Å². The van der Waals surface area contributed by atoms with E-state index < -0.39 is 23.2 Å². The van der Waals surface area contributed by atoms with Gasteiger partial charge in [0.1, 0.15) is 5.41 Å². The van der Waals surface area contributed by atoms with Crippen LogP contribution < -0.4 is 5.32 Å². The van der Waals surface area contributed by atoms with Crippen molar-refractivity contribution in [3.63, 3.8) is 0 Å². The molecule has 3 aliphatic rings. The topological polar surface area (TPSA) is 83.5 Å². The van der Waals surface area contributed by atoms with E-state index in [1.54, 1.807) is 0 Å². The molecular formula is C29H35NO4. The van der Waals surface area contributed by atoms with Crippen molar-refractivity contribution in [2.24, 2.45) is 29.1 Å². The van der Waals surface area contributed by atoms with Crippen LogP contribution in [0.25, 0.3) is 0 Å². The molecule has 1 heterocycles. The second-order valence-electron chi connectivity index (χ2n) is 10.3. The number of nitrogens with one attached hydrogen (secondary N) is 1. The molecule has 7 atom stereocenters. The van der Waals surface area contributed by atoms with Gasteiger partial charge in [-0.25, -0.2) is 0 Å². The van der Waals surface area contributed by atoms with Crippen LogP contribution in [-0.2, 0) is 20.8 Å². The van der Waals surface area contributed by atoms with Crippen molar-refractivity contribution >= 4 is 17.5 Å². The number of carbonyl (C=O) groups is 3. The fraction of sp³-hybridized carbons (Fsp3) is 0.483. The van der Waals surface area contributed by atoms with Gasteiger partial charge in [0.2, 0.25) is 5.91 Å². The van der Waals surface area contributed by atoms with Crippen molar-refractivity contribution in [1.29, 1.82) is 0 Å².